The van der Waals surface area contributed by atoms with Crippen LogP contribution in [0.1, 0.15) is 53.6 Å². The normalized spacial score (nSPS) is 17.0. The molecule has 5 heteroatoms. The van der Waals surface area contributed by atoms with Crippen LogP contribution in [-0.2, 0) is 12.8 Å². The van der Waals surface area contributed by atoms with Gasteiger partial charge in [-0.2, -0.15) is 0 Å². The van der Waals surface area contributed by atoms with Crippen molar-refractivity contribution < 1.29 is 19.8 Å². The Kier molecular flexibility index (Phi) is 5.23. The van der Waals surface area contributed by atoms with E-state index in [-0.39, 0.29) is 11.7 Å². The van der Waals surface area contributed by atoms with Gasteiger partial charge in [0.25, 0.3) is 0 Å². The van der Waals surface area contributed by atoms with Crippen molar-refractivity contribution in [2.45, 2.75) is 44.9 Å². The van der Waals surface area contributed by atoms with Gasteiger partial charge >= 0.3 is 6.16 Å². The third kappa shape index (κ3) is 3.97. The predicted octanol–water partition coefficient (Wildman–Crippen LogP) is 4.42. The first-order chi connectivity index (χ1) is 9.99. The molecule has 3 rings (SSSR count). The van der Waals surface area contributed by atoms with Gasteiger partial charge in [0.2, 0.25) is 0 Å². The highest BCUT2D eigenvalue weighted by Gasteiger charge is 2.26. The largest absolute Gasteiger partial charge is 0.503 e. The lowest BCUT2D eigenvalue weighted by Crippen LogP contribution is -2.12. The zero-order valence-corrected chi connectivity index (χ0v) is 12.5. The van der Waals surface area contributed by atoms with Crippen LogP contribution in [0.4, 0.5) is 4.79 Å². The Labute approximate surface area is 128 Å². The van der Waals surface area contributed by atoms with E-state index in [1.54, 1.807) is 0 Å². The molecule has 0 spiro atoms. The number of hydrogen-bond donors (Lipinski definition) is 2. The smallest absolute Gasteiger partial charge is 0.450 e. The number of ketones is 1. The third-order valence-electron chi connectivity index (χ3n) is 4.17. The molecule has 0 bridgehead atoms. The van der Waals surface area contributed by atoms with Gasteiger partial charge in [-0.05, 0) is 55.4 Å². The van der Waals surface area contributed by atoms with E-state index in [1.165, 1.54) is 30.4 Å². The minimum Gasteiger partial charge on any atom is -0.450 e. The van der Waals surface area contributed by atoms with Crippen molar-refractivity contribution in [3.05, 3.63) is 33.8 Å². The maximum atomic E-state index is 12.4. The van der Waals surface area contributed by atoms with Gasteiger partial charge in [-0.1, -0.05) is 24.4 Å². The molecule has 1 aromatic carbocycles. The van der Waals surface area contributed by atoms with Crippen molar-refractivity contribution in [2.24, 2.45) is 5.92 Å². The lowest BCUT2D eigenvalue weighted by atomic mass is 9.94. The third-order valence-corrected chi connectivity index (χ3v) is 4.49. The Hall–Kier alpha value is -1.55. The van der Waals surface area contributed by atoms with Gasteiger partial charge in [0.05, 0.1) is 5.02 Å². The summed E-state index contributed by atoms with van der Waals surface area (Å²) < 4.78 is 0. The summed E-state index contributed by atoms with van der Waals surface area (Å²) in [6, 6.07) is 4.08. The van der Waals surface area contributed by atoms with E-state index in [0.29, 0.717) is 5.02 Å². The molecule has 1 aromatic rings. The van der Waals surface area contributed by atoms with Crippen molar-refractivity contribution in [3.63, 3.8) is 0 Å². The second-order valence-corrected chi connectivity index (χ2v) is 5.99. The summed E-state index contributed by atoms with van der Waals surface area (Å²) in [4.78, 5) is 20.9. The average molecular weight is 311 g/mol. The van der Waals surface area contributed by atoms with Gasteiger partial charge < -0.3 is 10.2 Å². The second-order valence-electron chi connectivity index (χ2n) is 5.58. The Morgan fingerprint density at radius 1 is 1.00 bits per heavy atom. The van der Waals surface area contributed by atoms with Crippen LogP contribution in [0.3, 0.4) is 0 Å². The fourth-order valence-electron chi connectivity index (χ4n) is 3.19. The molecular weight excluding hydrogens is 292 g/mol. The molecule has 21 heavy (non-hydrogen) atoms. The van der Waals surface area contributed by atoms with Crippen LogP contribution in [0.2, 0.25) is 5.02 Å². The summed E-state index contributed by atoms with van der Waals surface area (Å²) in [6.45, 7) is 0. The van der Waals surface area contributed by atoms with Crippen molar-refractivity contribution >= 4 is 23.5 Å². The van der Waals surface area contributed by atoms with Crippen LogP contribution in [0.25, 0.3) is 0 Å². The Morgan fingerprint density at radius 2 is 1.52 bits per heavy atom. The molecular formula is C16H19ClO4. The first-order valence-electron chi connectivity index (χ1n) is 7.26. The predicted molar refractivity (Wildman–Crippen MR) is 80.4 cm³/mol. The summed E-state index contributed by atoms with van der Waals surface area (Å²) in [5.41, 5.74) is 3.47. The Bertz CT molecular complexity index is 543. The summed E-state index contributed by atoms with van der Waals surface area (Å²) in [6.07, 6.45) is 6.08. The van der Waals surface area contributed by atoms with Gasteiger partial charge in [0, 0.05) is 11.5 Å². The van der Waals surface area contributed by atoms with E-state index < -0.39 is 6.16 Å². The lowest BCUT2D eigenvalue weighted by Gasteiger charge is -2.11. The van der Waals surface area contributed by atoms with E-state index in [9.17, 15) is 4.79 Å². The monoisotopic (exact) mass is 310 g/mol. The van der Waals surface area contributed by atoms with Crippen LogP contribution >= 0.6 is 11.6 Å². The molecule has 0 aromatic heterocycles. The van der Waals surface area contributed by atoms with Gasteiger partial charge in [0.1, 0.15) is 0 Å². The van der Waals surface area contributed by atoms with Crippen LogP contribution < -0.4 is 0 Å². The number of carboxylic acid groups (broad SMARTS) is 2. The van der Waals surface area contributed by atoms with Crippen LogP contribution in [0.15, 0.2) is 12.1 Å². The van der Waals surface area contributed by atoms with Crippen molar-refractivity contribution in [1.82, 2.24) is 0 Å². The summed E-state index contributed by atoms with van der Waals surface area (Å²) >= 11 is 6.26. The van der Waals surface area contributed by atoms with Crippen molar-refractivity contribution in [1.29, 1.82) is 0 Å². The highest BCUT2D eigenvalue weighted by atomic mass is 35.5. The topological polar surface area (TPSA) is 74.6 Å². The van der Waals surface area contributed by atoms with Gasteiger partial charge in [-0.15, -0.1) is 0 Å². The van der Waals surface area contributed by atoms with Gasteiger partial charge in [-0.3, -0.25) is 4.79 Å². The van der Waals surface area contributed by atoms with E-state index in [0.717, 1.165) is 31.2 Å². The molecule has 114 valence electrons. The molecule has 0 radical (unpaired) electrons. The maximum absolute atomic E-state index is 12.4. The van der Waals surface area contributed by atoms with Gasteiger partial charge in [0.15, 0.2) is 5.78 Å². The standard InChI is InChI=1S/C15H17ClO.CH2O3/c16-14-9-12-7-3-6-11(12)8-13(14)15(17)10-4-1-2-5-10;2-1(3)4/h8-10H,1-7H2;(H2,2,3,4). The molecule has 0 heterocycles. The maximum Gasteiger partial charge on any atom is 0.503 e. The quantitative estimate of drug-likeness (QED) is 0.793. The number of hydrogen-bond acceptors (Lipinski definition) is 2. The van der Waals surface area contributed by atoms with E-state index in [2.05, 4.69) is 6.07 Å². The molecule has 2 N–H and O–H groups in total. The number of fused-ring (bicyclic) bond motifs is 1. The van der Waals surface area contributed by atoms with E-state index in [4.69, 9.17) is 26.6 Å². The van der Waals surface area contributed by atoms with Crippen LogP contribution in [0.5, 0.6) is 0 Å². The van der Waals surface area contributed by atoms with Crippen LogP contribution in [0, 0.1) is 5.92 Å². The van der Waals surface area contributed by atoms with Crippen molar-refractivity contribution in [3.8, 4) is 0 Å². The van der Waals surface area contributed by atoms with Crippen LogP contribution in [-0.4, -0.2) is 22.2 Å². The SMILES string of the molecule is O=C(O)O.O=C(c1cc2c(cc1Cl)CCC2)C1CCCC1. The number of Topliss-reactive ketones (excluding diaryl/α,β-unsaturated/α-hetero) is 1. The fourth-order valence-corrected chi connectivity index (χ4v) is 3.47. The molecule has 0 amide bonds. The second kappa shape index (κ2) is 6.94. The van der Waals surface area contributed by atoms with Gasteiger partial charge in [-0.25, -0.2) is 4.79 Å². The molecule has 2 aliphatic rings. The summed E-state index contributed by atoms with van der Waals surface area (Å²) in [7, 11) is 0. The minimum atomic E-state index is -1.83. The molecule has 1 saturated carbocycles. The highest BCUT2D eigenvalue weighted by Crippen LogP contribution is 2.33. The zero-order chi connectivity index (χ0) is 15.4. The molecule has 1 fully saturated rings. The molecule has 0 atom stereocenters. The molecule has 0 saturated heterocycles. The van der Waals surface area contributed by atoms with Crippen molar-refractivity contribution in [2.75, 3.05) is 0 Å². The Balaban J connectivity index is 0.000000361. The summed E-state index contributed by atoms with van der Waals surface area (Å²) in [5.74, 6) is 0.508. The minimum absolute atomic E-state index is 0.229. The number of benzene rings is 1. The fraction of sp³-hybridized carbons (Fsp3) is 0.500. The summed E-state index contributed by atoms with van der Waals surface area (Å²) in [5, 5.41) is 14.6. The molecule has 4 nitrogen and oxygen atoms in total. The molecule has 0 aliphatic heterocycles. The Morgan fingerprint density at radius 3 is 2.10 bits per heavy atom. The lowest BCUT2D eigenvalue weighted by molar-refractivity contribution is 0.0922. The highest BCUT2D eigenvalue weighted by molar-refractivity contribution is 6.34. The zero-order valence-electron chi connectivity index (χ0n) is 11.8. The van der Waals surface area contributed by atoms with E-state index in [1.807, 2.05) is 6.07 Å². The average Bonchev–Trinajstić information content (AvgIpc) is 3.07. The number of rotatable bonds is 2. The number of carbonyl (C=O) groups excluding carboxylic acids is 1. The molecule has 2 aliphatic carbocycles. The number of aryl methyl sites for hydroxylation is 2. The first kappa shape index (κ1) is 15.8. The molecule has 0 unspecified atom stereocenters. The first-order valence-corrected chi connectivity index (χ1v) is 7.64. The number of carbonyl (C=O) groups is 2. The van der Waals surface area contributed by atoms with E-state index >= 15 is 0 Å². The number of halogens is 1.